The Bertz CT molecular complexity index is 554. The van der Waals surface area contributed by atoms with Crippen LogP contribution in [0.3, 0.4) is 0 Å². The molecule has 0 N–H and O–H groups in total. The molecular formula is C17H21NO4. The summed E-state index contributed by atoms with van der Waals surface area (Å²) in [5.41, 5.74) is 2.12. The van der Waals surface area contributed by atoms with E-state index in [0.717, 1.165) is 23.7 Å². The first-order chi connectivity index (χ1) is 10.5. The second-order valence-electron chi connectivity index (χ2n) is 5.80. The number of rotatable bonds is 4. The third-order valence-corrected chi connectivity index (χ3v) is 4.56. The Morgan fingerprint density at radius 3 is 2.27 bits per heavy atom. The maximum atomic E-state index is 12.0. The molecule has 1 fully saturated rings. The molecule has 0 aliphatic carbocycles. The average molecular weight is 303 g/mol. The average Bonchev–Trinajstić information content (AvgIpc) is 2.54. The number of methoxy groups -OCH3 is 1. The first-order valence-corrected chi connectivity index (χ1v) is 7.30. The van der Waals surface area contributed by atoms with Crippen molar-refractivity contribution in [3.8, 4) is 0 Å². The SMILES string of the molecule is COC(=O)[C@H]1C[C@@H](c2ccc(C)cc2)[C@H](C=O)N(C)[C@@H]1C=O. The number of piperidine rings is 1. The van der Waals surface area contributed by atoms with Gasteiger partial charge in [-0.15, -0.1) is 0 Å². The van der Waals surface area contributed by atoms with Crippen LogP contribution < -0.4 is 0 Å². The van der Waals surface area contributed by atoms with Crippen LogP contribution in [-0.2, 0) is 19.1 Å². The number of benzene rings is 1. The van der Waals surface area contributed by atoms with Crippen molar-refractivity contribution in [1.82, 2.24) is 4.90 Å². The molecule has 1 heterocycles. The maximum Gasteiger partial charge on any atom is 0.310 e. The van der Waals surface area contributed by atoms with Gasteiger partial charge in [-0.25, -0.2) is 0 Å². The molecule has 0 radical (unpaired) electrons. The predicted molar refractivity (Wildman–Crippen MR) is 81.5 cm³/mol. The van der Waals surface area contributed by atoms with Gasteiger partial charge in [0.25, 0.3) is 0 Å². The normalized spacial score (nSPS) is 28.9. The fraction of sp³-hybridized carbons (Fsp3) is 0.471. The summed E-state index contributed by atoms with van der Waals surface area (Å²) in [5, 5.41) is 0. The molecule has 0 amide bonds. The molecule has 0 aromatic heterocycles. The molecule has 5 heteroatoms. The number of likely N-dealkylation sites (N-methyl/N-ethyl adjacent to an activating group) is 1. The lowest BCUT2D eigenvalue weighted by Gasteiger charge is -2.43. The molecular weight excluding hydrogens is 282 g/mol. The van der Waals surface area contributed by atoms with Crippen molar-refractivity contribution in [1.29, 1.82) is 0 Å². The first-order valence-electron chi connectivity index (χ1n) is 7.30. The van der Waals surface area contributed by atoms with Gasteiger partial charge in [-0.1, -0.05) is 29.8 Å². The number of likely N-dealkylation sites (tertiary alicyclic amines) is 1. The van der Waals surface area contributed by atoms with Gasteiger partial charge in [0.05, 0.1) is 25.1 Å². The van der Waals surface area contributed by atoms with E-state index in [2.05, 4.69) is 0 Å². The summed E-state index contributed by atoms with van der Waals surface area (Å²) in [4.78, 5) is 36.6. The molecule has 0 saturated carbocycles. The second-order valence-corrected chi connectivity index (χ2v) is 5.80. The largest absolute Gasteiger partial charge is 0.469 e. The number of esters is 1. The summed E-state index contributed by atoms with van der Waals surface area (Å²) in [5.74, 6) is -1.11. The van der Waals surface area contributed by atoms with E-state index in [0.29, 0.717) is 6.42 Å². The highest BCUT2D eigenvalue weighted by atomic mass is 16.5. The van der Waals surface area contributed by atoms with Gasteiger partial charge in [-0.3, -0.25) is 9.69 Å². The Morgan fingerprint density at radius 1 is 1.18 bits per heavy atom. The lowest BCUT2D eigenvalue weighted by atomic mass is 9.76. The molecule has 0 spiro atoms. The minimum absolute atomic E-state index is 0.136. The van der Waals surface area contributed by atoms with Gasteiger partial charge < -0.3 is 14.3 Å². The van der Waals surface area contributed by atoms with Crippen LogP contribution >= 0.6 is 0 Å². The van der Waals surface area contributed by atoms with Crippen LogP contribution in [0.4, 0.5) is 0 Å². The molecule has 1 aliphatic rings. The molecule has 0 unspecified atom stereocenters. The maximum absolute atomic E-state index is 12.0. The van der Waals surface area contributed by atoms with E-state index in [1.165, 1.54) is 7.11 Å². The van der Waals surface area contributed by atoms with Crippen LogP contribution in [0.25, 0.3) is 0 Å². The number of nitrogens with zero attached hydrogens (tertiary/aromatic N) is 1. The van der Waals surface area contributed by atoms with E-state index in [4.69, 9.17) is 4.74 Å². The molecule has 4 atom stereocenters. The van der Waals surface area contributed by atoms with Gasteiger partial charge in [-0.2, -0.15) is 0 Å². The van der Waals surface area contributed by atoms with Gasteiger partial charge >= 0.3 is 5.97 Å². The number of hydrogen-bond acceptors (Lipinski definition) is 5. The summed E-state index contributed by atoms with van der Waals surface area (Å²) >= 11 is 0. The van der Waals surface area contributed by atoms with Gasteiger partial charge in [0, 0.05) is 5.92 Å². The number of aryl methyl sites for hydroxylation is 1. The van der Waals surface area contributed by atoms with Gasteiger partial charge in [0.1, 0.15) is 12.6 Å². The summed E-state index contributed by atoms with van der Waals surface area (Å²) < 4.78 is 4.83. The zero-order chi connectivity index (χ0) is 16.3. The molecule has 1 saturated heterocycles. The lowest BCUT2D eigenvalue weighted by Crippen LogP contribution is -2.55. The van der Waals surface area contributed by atoms with Crippen molar-refractivity contribution >= 4 is 18.5 Å². The Morgan fingerprint density at radius 2 is 1.77 bits per heavy atom. The van der Waals surface area contributed by atoms with E-state index in [1.54, 1.807) is 11.9 Å². The molecule has 118 valence electrons. The van der Waals surface area contributed by atoms with Crippen molar-refractivity contribution in [3.63, 3.8) is 0 Å². The number of hydrogen-bond donors (Lipinski definition) is 0. The second kappa shape index (κ2) is 6.83. The van der Waals surface area contributed by atoms with Gasteiger partial charge in [-0.05, 0) is 26.0 Å². The zero-order valence-corrected chi connectivity index (χ0v) is 13.1. The highest BCUT2D eigenvalue weighted by molar-refractivity contribution is 5.80. The third kappa shape index (κ3) is 2.95. The van der Waals surface area contributed by atoms with Crippen molar-refractivity contribution in [3.05, 3.63) is 35.4 Å². The van der Waals surface area contributed by atoms with Crippen LogP contribution in [0.2, 0.25) is 0 Å². The quantitative estimate of drug-likeness (QED) is 0.620. The lowest BCUT2D eigenvalue weighted by molar-refractivity contribution is -0.153. The van der Waals surface area contributed by atoms with E-state index < -0.39 is 24.0 Å². The van der Waals surface area contributed by atoms with Crippen molar-refractivity contribution in [2.45, 2.75) is 31.3 Å². The third-order valence-electron chi connectivity index (χ3n) is 4.56. The van der Waals surface area contributed by atoms with E-state index in [9.17, 15) is 14.4 Å². The highest BCUT2D eigenvalue weighted by Crippen LogP contribution is 2.37. The number of carbonyl (C=O) groups is 3. The van der Waals surface area contributed by atoms with Crippen molar-refractivity contribution in [2.75, 3.05) is 14.2 Å². The zero-order valence-electron chi connectivity index (χ0n) is 13.1. The topological polar surface area (TPSA) is 63.7 Å². The molecule has 22 heavy (non-hydrogen) atoms. The Balaban J connectivity index is 2.39. The van der Waals surface area contributed by atoms with Gasteiger partial charge in [0.15, 0.2) is 0 Å². The molecule has 1 aromatic rings. The molecule has 5 nitrogen and oxygen atoms in total. The minimum Gasteiger partial charge on any atom is -0.469 e. The number of aldehydes is 2. The monoisotopic (exact) mass is 303 g/mol. The van der Waals surface area contributed by atoms with E-state index >= 15 is 0 Å². The summed E-state index contributed by atoms with van der Waals surface area (Å²) in [7, 11) is 3.02. The first kappa shape index (κ1) is 16.4. The summed E-state index contributed by atoms with van der Waals surface area (Å²) in [6, 6.07) is 6.84. The Labute approximate surface area is 130 Å². The summed E-state index contributed by atoms with van der Waals surface area (Å²) in [6.07, 6.45) is 2.00. The molecule has 1 aliphatic heterocycles. The molecule has 2 rings (SSSR count). The standard InChI is InChI=1S/C17H21NO4/c1-11-4-6-12(7-5-11)13-8-14(17(21)22-3)16(10-20)18(2)15(13)9-19/h4-7,9-10,13-16H,8H2,1-3H3/t13-,14-,15-,16+/m0/s1. The summed E-state index contributed by atoms with van der Waals surface area (Å²) in [6.45, 7) is 1.99. The Hall–Kier alpha value is -2.01. The highest BCUT2D eigenvalue weighted by Gasteiger charge is 2.45. The van der Waals surface area contributed by atoms with Crippen LogP contribution in [0, 0.1) is 12.8 Å². The van der Waals surface area contributed by atoms with Crippen molar-refractivity contribution < 1.29 is 19.1 Å². The number of ether oxygens (including phenoxy) is 1. The van der Waals surface area contributed by atoms with E-state index in [1.807, 2.05) is 31.2 Å². The van der Waals surface area contributed by atoms with Crippen LogP contribution in [0.15, 0.2) is 24.3 Å². The van der Waals surface area contributed by atoms with E-state index in [-0.39, 0.29) is 5.92 Å². The minimum atomic E-state index is -0.635. The van der Waals surface area contributed by atoms with Crippen LogP contribution in [0.5, 0.6) is 0 Å². The molecule has 0 bridgehead atoms. The number of carbonyl (C=O) groups excluding carboxylic acids is 3. The smallest absolute Gasteiger partial charge is 0.310 e. The van der Waals surface area contributed by atoms with Gasteiger partial charge in [0.2, 0.25) is 0 Å². The fourth-order valence-electron chi connectivity index (χ4n) is 3.23. The predicted octanol–water partition coefficient (Wildman–Crippen LogP) is 1.34. The van der Waals surface area contributed by atoms with Crippen molar-refractivity contribution in [2.24, 2.45) is 5.92 Å². The molecule has 1 aromatic carbocycles. The Kier molecular flexibility index (Phi) is 5.08. The van der Waals surface area contributed by atoms with Crippen LogP contribution in [0.1, 0.15) is 23.5 Å². The van der Waals surface area contributed by atoms with Crippen LogP contribution in [-0.4, -0.2) is 49.7 Å². The fourth-order valence-corrected chi connectivity index (χ4v) is 3.23.